The van der Waals surface area contributed by atoms with Crippen LogP contribution in [0.15, 0.2) is 95.0 Å². The van der Waals surface area contributed by atoms with E-state index in [1.165, 1.54) is 0 Å². The van der Waals surface area contributed by atoms with E-state index < -0.39 is 17.6 Å². The van der Waals surface area contributed by atoms with Crippen LogP contribution in [0.4, 0.5) is 0 Å². The van der Waals surface area contributed by atoms with Crippen molar-refractivity contribution < 1.29 is 19.4 Å². The number of aliphatic hydroxyl groups excluding tert-OH is 1. The SMILES string of the molecule is [N-]=[N+]=NCc1ccccc1C[C@@]1(C(=O)NCc2ccc(Cl)cc2Cl)N=C(c2ccc(OCCCO)cc2)O[C@@H]1c1ccc(Cl)cc1Cl. The maximum absolute atomic E-state index is 14.6. The summed E-state index contributed by atoms with van der Waals surface area (Å²) in [5, 5.41) is 17.4. The van der Waals surface area contributed by atoms with Crippen molar-refractivity contribution >= 4 is 58.2 Å². The molecule has 0 fully saturated rings. The second-order valence-electron chi connectivity index (χ2n) is 10.7. The van der Waals surface area contributed by atoms with Gasteiger partial charge in [0.1, 0.15) is 5.75 Å². The van der Waals surface area contributed by atoms with E-state index in [0.717, 1.165) is 11.1 Å². The normalized spacial score (nSPS) is 17.0. The molecule has 2 atom stereocenters. The minimum atomic E-state index is -1.59. The number of benzene rings is 4. The Morgan fingerprint density at radius 3 is 2.34 bits per heavy atom. The lowest BCUT2D eigenvalue weighted by Gasteiger charge is -2.32. The van der Waals surface area contributed by atoms with Gasteiger partial charge < -0.3 is 19.9 Å². The lowest BCUT2D eigenvalue weighted by molar-refractivity contribution is -0.129. The molecule has 4 aromatic rings. The number of amides is 1. The van der Waals surface area contributed by atoms with Crippen molar-refractivity contribution in [3.63, 3.8) is 0 Å². The van der Waals surface area contributed by atoms with Crippen LogP contribution in [0.25, 0.3) is 10.4 Å². The average molecular weight is 713 g/mol. The number of carbonyl (C=O) groups is 1. The molecule has 4 aromatic carbocycles. The van der Waals surface area contributed by atoms with E-state index in [2.05, 4.69) is 15.3 Å². The molecule has 1 amide bonds. The Morgan fingerprint density at radius 2 is 1.66 bits per heavy atom. The summed E-state index contributed by atoms with van der Waals surface area (Å²) in [5.74, 6) is 0.376. The molecule has 1 heterocycles. The molecule has 1 aliphatic heterocycles. The van der Waals surface area contributed by atoms with Crippen LogP contribution < -0.4 is 10.1 Å². The minimum absolute atomic E-state index is 0.0255. The molecule has 47 heavy (non-hydrogen) atoms. The van der Waals surface area contributed by atoms with E-state index in [4.69, 9.17) is 71.5 Å². The predicted molar refractivity (Wildman–Crippen MR) is 185 cm³/mol. The summed E-state index contributed by atoms with van der Waals surface area (Å²) >= 11 is 25.6. The quantitative estimate of drug-likeness (QED) is 0.0622. The van der Waals surface area contributed by atoms with E-state index >= 15 is 0 Å². The summed E-state index contributed by atoms with van der Waals surface area (Å²) < 4.78 is 12.3. The minimum Gasteiger partial charge on any atom is -0.494 e. The number of nitrogens with one attached hydrogen (secondary N) is 1. The Labute approximate surface area is 291 Å². The van der Waals surface area contributed by atoms with Gasteiger partial charge in [0.25, 0.3) is 5.91 Å². The number of nitrogens with zero attached hydrogens (tertiary/aromatic N) is 4. The second kappa shape index (κ2) is 15.8. The van der Waals surface area contributed by atoms with Crippen molar-refractivity contribution in [3.05, 3.63) is 143 Å². The van der Waals surface area contributed by atoms with E-state index in [1.54, 1.807) is 60.7 Å². The molecular formula is C34H29Cl4N5O4. The summed E-state index contributed by atoms with van der Waals surface area (Å²) in [7, 11) is 0. The molecule has 0 bridgehead atoms. The average Bonchev–Trinajstić information content (AvgIpc) is 3.44. The highest BCUT2D eigenvalue weighted by Gasteiger charge is 2.54. The predicted octanol–water partition coefficient (Wildman–Crippen LogP) is 8.69. The molecule has 2 N–H and O–H groups in total. The topological polar surface area (TPSA) is 129 Å². The van der Waals surface area contributed by atoms with Crippen LogP contribution in [-0.2, 0) is 29.0 Å². The van der Waals surface area contributed by atoms with Crippen molar-refractivity contribution in [3.8, 4) is 5.75 Å². The summed E-state index contributed by atoms with van der Waals surface area (Å²) in [6.07, 6.45) is -0.420. The molecule has 9 nitrogen and oxygen atoms in total. The molecule has 0 saturated carbocycles. The van der Waals surface area contributed by atoms with Crippen LogP contribution in [-0.4, -0.2) is 35.7 Å². The van der Waals surface area contributed by atoms with Crippen LogP contribution in [0.3, 0.4) is 0 Å². The van der Waals surface area contributed by atoms with E-state index in [0.29, 0.717) is 55.6 Å². The number of halogens is 4. The van der Waals surface area contributed by atoms with Gasteiger partial charge in [-0.2, -0.15) is 0 Å². The lowest BCUT2D eigenvalue weighted by Crippen LogP contribution is -2.50. The highest BCUT2D eigenvalue weighted by molar-refractivity contribution is 6.35. The molecule has 13 heteroatoms. The first-order valence-corrected chi connectivity index (χ1v) is 16.1. The Hall–Kier alpha value is -3.95. The number of aliphatic hydroxyl groups is 1. The Bertz CT molecular complexity index is 1830. The van der Waals surface area contributed by atoms with Crippen molar-refractivity contribution in [1.29, 1.82) is 0 Å². The van der Waals surface area contributed by atoms with Crippen molar-refractivity contribution in [1.82, 2.24) is 5.32 Å². The van der Waals surface area contributed by atoms with Gasteiger partial charge in [0.05, 0.1) is 13.2 Å². The zero-order valence-corrected chi connectivity index (χ0v) is 27.9. The lowest BCUT2D eigenvalue weighted by atomic mass is 9.80. The third-order valence-electron chi connectivity index (χ3n) is 7.61. The van der Waals surface area contributed by atoms with Crippen LogP contribution in [0.1, 0.15) is 40.3 Å². The third kappa shape index (κ3) is 8.14. The Balaban J connectivity index is 1.62. The first kappa shape index (κ1) is 34.4. The maximum atomic E-state index is 14.6. The van der Waals surface area contributed by atoms with Crippen LogP contribution >= 0.6 is 46.4 Å². The Morgan fingerprint density at radius 1 is 0.957 bits per heavy atom. The zero-order chi connectivity index (χ0) is 33.4. The number of ether oxygens (including phenoxy) is 2. The fourth-order valence-corrected chi connectivity index (χ4v) is 6.23. The first-order valence-electron chi connectivity index (χ1n) is 14.6. The number of hydrogen-bond acceptors (Lipinski definition) is 6. The fraction of sp³-hybridized carbons (Fsp3) is 0.235. The highest BCUT2D eigenvalue weighted by atomic mass is 35.5. The molecule has 0 aliphatic carbocycles. The van der Waals surface area contributed by atoms with Gasteiger partial charge in [-0.25, -0.2) is 4.99 Å². The molecule has 0 spiro atoms. The number of azide groups is 1. The first-order chi connectivity index (χ1) is 22.7. The third-order valence-corrected chi connectivity index (χ3v) is 8.76. The largest absolute Gasteiger partial charge is 0.494 e. The van der Waals surface area contributed by atoms with Gasteiger partial charge in [0, 0.05) is 62.1 Å². The summed E-state index contributed by atoms with van der Waals surface area (Å²) in [6, 6.07) is 24.5. The van der Waals surface area contributed by atoms with Crippen LogP contribution in [0.2, 0.25) is 20.1 Å². The smallest absolute Gasteiger partial charge is 0.252 e. The van der Waals surface area contributed by atoms with Crippen molar-refractivity contribution in [2.75, 3.05) is 13.2 Å². The molecule has 1 aliphatic rings. The van der Waals surface area contributed by atoms with E-state index in [9.17, 15) is 4.79 Å². The van der Waals surface area contributed by atoms with Gasteiger partial charge in [-0.05, 0) is 70.8 Å². The van der Waals surface area contributed by atoms with Gasteiger partial charge in [0.2, 0.25) is 5.90 Å². The molecule has 0 unspecified atom stereocenters. The zero-order valence-electron chi connectivity index (χ0n) is 24.9. The maximum Gasteiger partial charge on any atom is 0.252 e. The monoisotopic (exact) mass is 711 g/mol. The number of hydrogen-bond donors (Lipinski definition) is 2. The molecular weight excluding hydrogens is 684 g/mol. The van der Waals surface area contributed by atoms with Gasteiger partial charge in [-0.1, -0.05) is 87.9 Å². The Kier molecular flexibility index (Phi) is 11.5. The summed E-state index contributed by atoms with van der Waals surface area (Å²) in [4.78, 5) is 22.6. The highest BCUT2D eigenvalue weighted by Crippen LogP contribution is 2.45. The molecule has 242 valence electrons. The standard InChI is InChI=1S/C34H29Cl4N5O4/c35-25-9-6-24(29(37)16-25)19-40-33(45)34(18-22-4-1-2-5-23(22)20-41-43-39)31(28-13-10-26(36)17-30(28)38)47-32(42-34)21-7-11-27(12-8-21)46-15-3-14-44/h1-2,4-13,16-17,31,44H,3,14-15,18-20H2,(H,40,45)/t31-,34-/m1/s1. The number of carbonyl (C=O) groups excluding carboxylic acids is 1. The van der Waals surface area contributed by atoms with Gasteiger partial charge in [-0.3, -0.25) is 4.79 Å². The summed E-state index contributed by atoms with van der Waals surface area (Å²) in [6.45, 7) is 0.549. The van der Waals surface area contributed by atoms with E-state index in [1.807, 2.05) is 24.3 Å². The molecule has 0 radical (unpaired) electrons. The van der Waals surface area contributed by atoms with Gasteiger partial charge in [0.15, 0.2) is 11.6 Å². The van der Waals surface area contributed by atoms with Gasteiger partial charge >= 0.3 is 0 Å². The van der Waals surface area contributed by atoms with Gasteiger partial charge in [-0.15, -0.1) is 0 Å². The molecule has 5 rings (SSSR count). The molecule has 0 saturated heterocycles. The number of aliphatic imine (C=N–C) groups is 1. The van der Waals surface area contributed by atoms with Crippen molar-refractivity contribution in [2.45, 2.75) is 37.6 Å². The van der Waals surface area contributed by atoms with Crippen LogP contribution in [0.5, 0.6) is 5.75 Å². The number of rotatable bonds is 13. The molecule has 0 aromatic heterocycles. The van der Waals surface area contributed by atoms with E-state index in [-0.39, 0.29) is 32.0 Å². The summed E-state index contributed by atoms with van der Waals surface area (Å²) in [5.41, 5.74) is 10.7. The van der Waals surface area contributed by atoms with Crippen molar-refractivity contribution in [2.24, 2.45) is 10.1 Å². The fourth-order valence-electron chi connectivity index (χ4n) is 5.25. The van der Waals surface area contributed by atoms with Crippen LogP contribution in [0, 0.1) is 0 Å². The second-order valence-corrected chi connectivity index (χ2v) is 12.4.